The Kier molecular flexibility index (Phi) is 7.99. The lowest BCUT2D eigenvalue weighted by Gasteiger charge is -2.11. The van der Waals surface area contributed by atoms with Crippen molar-refractivity contribution >= 4 is 35.0 Å². The number of thioether (sulfide) groups is 1. The first-order valence-electron chi connectivity index (χ1n) is 9.36. The van der Waals surface area contributed by atoms with Crippen LogP contribution in [0.3, 0.4) is 0 Å². The molecule has 0 aliphatic rings. The van der Waals surface area contributed by atoms with E-state index in [0.29, 0.717) is 30.9 Å². The third kappa shape index (κ3) is 6.64. The molecule has 0 saturated carbocycles. The molecule has 0 aliphatic heterocycles. The van der Waals surface area contributed by atoms with Gasteiger partial charge in [0.1, 0.15) is 0 Å². The quantitative estimate of drug-likeness (QED) is 0.508. The molecule has 0 aliphatic carbocycles. The fraction of sp³-hybridized carbons (Fsp3) is 0.429. The smallest absolute Gasteiger partial charge is 0.224 e. The average molecular weight is 401 g/mol. The van der Waals surface area contributed by atoms with Crippen molar-refractivity contribution in [3.8, 4) is 0 Å². The molecule has 2 N–H and O–H groups in total. The minimum Gasteiger partial charge on any atom is -0.326 e. The fourth-order valence-electron chi connectivity index (χ4n) is 2.84. The summed E-state index contributed by atoms with van der Waals surface area (Å²) in [6, 6.07) is 7.15. The Labute approximate surface area is 170 Å². The fourth-order valence-corrected chi connectivity index (χ4v) is 3.30. The van der Waals surface area contributed by atoms with E-state index >= 15 is 0 Å². The largest absolute Gasteiger partial charge is 0.326 e. The van der Waals surface area contributed by atoms with Gasteiger partial charge in [-0.2, -0.15) is 0 Å². The van der Waals surface area contributed by atoms with E-state index in [1.165, 1.54) is 11.8 Å². The molecule has 1 heterocycles. The maximum absolute atomic E-state index is 12.3. The summed E-state index contributed by atoms with van der Waals surface area (Å²) >= 11 is 1.51. The van der Waals surface area contributed by atoms with Gasteiger partial charge in [-0.15, -0.1) is 0 Å². The minimum atomic E-state index is -0.0654. The molecular formula is C21H28N4O2S. The summed E-state index contributed by atoms with van der Waals surface area (Å²) < 4.78 is 0. The molecule has 6 nitrogen and oxygen atoms in total. The molecule has 2 amide bonds. The molecule has 7 heteroatoms. The van der Waals surface area contributed by atoms with Gasteiger partial charge in [0.2, 0.25) is 11.8 Å². The number of hydrogen-bond acceptors (Lipinski definition) is 5. The maximum atomic E-state index is 12.3. The highest BCUT2D eigenvalue weighted by Gasteiger charge is 2.11. The van der Waals surface area contributed by atoms with Gasteiger partial charge >= 0.3 is 0 Å². The molecule has 0 atom stereocenters. The highest BCUT2D eigenvalue weighted by Crippen LogP contribution is 2.18. The van der Waals surface area contributed by atoms with Crippen LogP contribution in [0.25, 0.3) is 0 Å². The SMILES string of the molecule is CSc1nc(C)c(CCC(=O)Nc2ccc(NC(=O)CC(C)C)cc2)c(C)n1. The van der Waals surface area contributed by atoms with Gasteiger partial charge in [-0.1, -0.05) is 25.6 Å². The van der Waals surface area contributed by atoms with Crippen LogP contribution in [-0.2, 0) is 16.0 Å². The topological polar surface area (TPSA) is 84.0 Å². The van der Waals surface area contributed by atoms with Crippen LogP contribution < -0.4 is 10.6 Å². The van der Waals surface area contributed by atoms with Gasteiger partial charge < -0.3 is 10.6 Å². The number of rotatable bonds is 8. The number of anilines is 2. The predicted octanol–water partition coefficient (Wildman–Crippen LogP) is 4.37. The highest BCUT2D eigenvalue weighted by molar-refractivity contribution is 7.98. The summed E-state index contributed by atoms with van der Waals surface area (Å²) in [5.41, 5.74) is 4.30. The Balaban J connectivity index is 1.89. The number of benzene rings is 1. The second-order valence-corrected chi connectivity index (χ2v) is 7.90. The molecule has 0 bridgehead atoms. The normalized spacial score (nSPS) is 10.8. The molecule has 0 fully saturated rings. The van der Waals surface area contributed by atoms with E-state index in [2.05, 4.69) is 20.6 Å². The molecule has 0 spiro atoms. The number of nitrogens with zero attached hydrogens (tertiary/aromatic N) is 2. The summed E-state index contributed by atoms with van der Waals surface area (Å²) in [6.07, 6.45) is 3.39. The van der Waals surface area contributed by atoms with Gasteiger partial charge in [-0.3, -0.25) is 9.59 Å². The van der Waals surface area contributed by atoms with Crippen LogP contribution in [0.5, 0.6) is 0 Å². The first-order valence-corrected chi connectivity index (χ1v) is 10.6. The van der Waals surface area contributed by atoms with Gasteiger partial charge in [-0.05, 0) is 62.3 Å². The van der Waals surface area contributed by atoms with E-state index in [1.54, 1.807) is 24.3 Å². The van der Waals surface area contributed by atoms with E-state index in [-0.39, 0.29) is 11.8 Å². The molecule has 0 unspecified atom stereocenters. The van der Waals surface area contributed by atoms with Crippen molar-refractivity contribution in [2.24, 2.45) is 5.92 Å². The van der Waals surface area contributed by atoms with Crippen LogP contribution in [0.2, 0.25) is 0 Å². The molecule has 0 radical (unpaired) electrons. The van der Waals surface area contributed by atoms with E-state index in [9.17, 15) is 9.59 Å². The molecular weight excluding hydrogens is 372 g/mol. The lowest BCUT2D eigenvalue weighted by Crippen LogP contribution is -2.15. The number of carbonyl (C=O) groups is 2. The molecule has 1 aromatic heterocycles. The summed E-state index contributed by atoms with van der Waals surface area (Å²) in [5.74, 6) is 0.240. The zero-order valence-electron chi connectivity index (χ0n) is 17.1. The molecule has 150 valence electrons. The Morgan fingerprint density at radius 1 is 0.964 bits per heavy atom. The van der Waals surface area contributed by atoms with Crippen molar-refractivity contribution < 1.29 is 9.59 Å². The zero-order chi connectivity index (χ0) is 20.7. The minimum absolute atomic E-state index is 0.00719. The van der Waals surface area contributed by atoms with Gasteiger partial charge in [-0.25, -0.2) is 9.97 Å². The average Bonchev–Trinajstić information content (AvgIpc) is 2.61. The predicted molar refractivity (Wildman–Crippen MR) is 115 cm³/mol. The zero-order valence-corrected chi connectivity index (χ0v) is 17.9. The van der Waals surface area contributed by atoms with Crippen LogP contribution >= 0.6 is 11.8 Å². The van der Waals surface area contributed by atoms with Gasteiger partial charge in [0, 0.05) is 35.6 Å². The molecule has 2 rings (SSSR count). The standard InChI is InChI=1S/C21H28N4O2S/c1-13(2)12-20(27)25-17-8-6-16(7-9-17)24-19(26)11-10-18-14(3)22-21(28-5)23-15(18)4/h6-9,13H,10-12H2,1-5H3,(H,24,26)(H,25,27). The highest BCUT2D eigenvalue weighted by atomic mass is 32.2. The lowest BCUT2D eigenvalue weighted by atomic mass is 10.1. The van der Waals surface area contributed by atoms with Crippen LogP contribution in [-0.4, -0.2) is 28.0 Å². The number of carbonyl (C=O) groups excluding carboxylic acids is 2. The van der Waals surface area contributed by atoms with E-state index in [4.69, 9.17) is 0 Å². The van der Waals surface area contributed by atoms with Gasteiger partial charge in [0.05, 0.1) is 0 Å². The van der Waals surface area contributed by atoms with Crippen molar-refractivity contribution in [1.29, 1.82) is 0 Å². The molecule has 1 aromatic carbocycles. The summed E-state index contributed by atoms with van der Waals surface area (Å²) in [7, 11) is 0. The summed E-state index contributed by atoms with van der Waals surface area (Å²) in [6.45, 7) is 7.91. The van der Waals surface area contributed by atoms with E-state index < -0.39 is 0 Å². The van der Waals surface area contributed by atoms with Crippen molar-refractivity contribution in [1.82, 2.24) is 9.97 Å². The third-order valence-corrected chi connectivity index (χ3v) is 4.78. The van der Waals surface area contributed by atoms with Crippen LogP contribution in [0.15, 0.2) is 29.4 Å². The first-order chi connectivity index (χ1) is 13.3. The number of aryl methyl sites for hydroxylation is 2. The second-order valence-electron chi connectivity index (χ2n) is 7.13. The van der Waals surface area contributed by atoms with Crippen LogP contribution in [0.4, 0.5) is 11.4 Å². The molecule has 2 aromatic rings. The number of nitrogens with one attached hydrogen (secondary N) is 2. The third-order valence-electron chi connectivity index (χ3n) is 4.23. The van der Waals surface area contributed by atoms with Crippen LogP contribution in [0, 0.1) is 19.8 Å². The van der Waals surface area contributed by atoms with E-state index in [0.717, 1.165) is 27.8 Å². The number of aromatic nitrogens is 2. The van der Waals surface area contributed by atoms with Gasteiger partial charge in [0.25, 0.3) is 0 Å². The monoisotopic (exact) mass is 400 g/mol. The Bertz CT molecular complexity index is 812. The van der Waals surface area contributed by atoms with Crippen molar-refractivity contribution in [2.75, 3.05) is 16.9 Å². The lowest BCUT2D eigenvalue weighted by molar-refractivity contribution is -0.117. The Hall–Kier alpha value is -2.41. The van der Waals surface area contributed by atoms with Crippen molar-refractivity contribution in [3.05, 3.63) is 41.2 Å². The molecule has 28 heavy (non-hydrogen) atoms. The van der Waals surface area contributed by atoms with Crippen LogP contribution in [0.1, 0.15) is 43.6 Å². The first kappa shape index (κ1) is 21.9. The van der Waals surface area contributed by atoms with E-state index in [1.807, 2.05) is 34.0 Å². The summed E-state index contributed by atoms with van der Waals surface area (Å²) in [4.78, 5) is 33.0. The summed E-state index contributed by atoms with van der Waals surface area (Å²) in [5, 5.41) is 6.50. The van der Waals surface area contributed by atoms with Crippen molar-refractivity contribution in [2.45, 2.75) is 52.1 Å². The number of amides is 2. The Morgan fingerprint density at radius 2 is 1.46 bits per heavy atom. The second kappa shape index (κ2) is 10.2. The maximum Gasteiger partial charge on any atom is 0.224 e. The van der Waals surface area contributed by atoms with Crippen molar-refractivity contribution in [3.63, 3.8) is 0 Å². The number of hydrogen-bond donors (Lipinski definition) is 2. The Morgan fingerprint density at radius 3 is 1.93 bits per heavy atom. The molecule has 0 saturated heterocycles. The van der Waals surface area contributed by atoms with Gasteiger partial charge in [0.15, 0.2) is 5.16 Å².